The van der Waals surface area contributed by atoms with E-state index in [2.05, 4.69) is 19.2 Å². The fourth-order valence-corrected chi connectivity index (χ4v) is 5.04. The van der Waals surface area contributed by atoms with Gasteiger partial charge in [0, 0.05) is 31.6 Å². The summed E-state index contributed by atoms with van der Waals surface area (Å²) in [7, 11) is -3.03. The van der Waals surface area contributed by atoms with E-state index in [9.17, 15) is 18.0 Å². The van der Waals surface area contributed by atoms with Crippen LogP contribution in [0.5, 0.6) is 0 Å². The monoisotopic (exact) mass is 380 g/mol. The molecule has 0 bridgehead atoms. The van der Waals surface area contributed by atoms with E-state index >= 15 is 0 Å². The first-order valence-corrected chi connectivity index (χ1v) is 10.8. The fourth-order valence-electron chi connectivity index (χ4n) is 3.36. The predicted molar refractivity (Wildman–Crippen MR) is 103 cm³/mol. The zero-order valence-corrected chi connectivity index (χ0v) is 16.7. The summed E-state index contributed by atoms with van der Waals surface area (Å²) in [6.07, 6.45) is 0.599. The van der Waals surface area contributed by atoms with Gasteiger partial charge in [-0.15, -0.1) is 0 Å². The summed E-state index contributed by atoms with van der Waals surface area (Å²) in [6.45, 7) is 7.87. The van der Waals surface area contributed by atoms with E-state index in [1.165, 1.54) is 6.92 Å². The number of hydrogen-bond donors (Lipinski definition) is 1. The molecule has 0 aliphatic carbocycles. The molecule has 2 amide bonds. The van der Waals surface area contributed by atoms with Gasteiger partial charge in [0.05, 0.1) is 11.5 Å². The van der Waals surface area contributed by atoms with Crippen molar-refractivity contribution in [1.29, 1.82) is 0 Å². The summed E-state index contributed by atoms with van der Waals surface area (Å²) in [5.41, 5.74) is 2.93. The van der Waals surface area contributed by atoms with Gasteiger partial charge in [-0.25, -0.2) is 8.42 Å². The van der Waals surface area contributed by atoms with Crippen LogP contribution in [0.1, 0.15) is 50.7 Å². The van der Waals surface area contributed by atoms with Gasteiger partial charge in [-0.1, -0.05) is 32.0 Å². The van der Waals surface area contributed by atoms with Gasteiger partial charge in [-0.3, -0.25) is 9.59 Å². The van der Waals surface area contributed by atoms with E-state index in [1.807, 2.05) is 25.1 Å². The average Bonchev–Trinajstić information content (AvgIpc) is 2.86. The maximum atomic E-state index is 12.2. The molecule has 0 saturated carbocycles. The lowest BCUT2D eigenvalue weighted by Gasteiger charge is -2.27. The number of rotatable bonds is 6. The maximum absolute atomic E-state index is 12.2. The number of aryl methyl sites for hydroxylation is 1. The lowest BCUT2D eigenvalue weighted by molar-refractivity contribution is -0.121. The molecule has 2 rings (SSSR count). The zero-order chi connectivity index (χ0) is 19.5. The molecule has 144 valence electrons. The van der Waals surface area contributed by atoms with Crippen LogP contribution in [0.25, 0.3) is 0 Å². The number of carbonyl (C=O) groups excluding carboxylic acids is 2. The third kappa shape index (κ3) is 5.06. The van der Waals surface area contributed by atoms with Crippen LogP contribution < -0.4 is 10.2 Å². The Balaban J connectivity index is 2.08. The molecule has 6 nitrogen and oxygen atoms in total. The highest BCUT2D eigenvalue weighted by molar-refractivity contribution is 7.91. The molecule has 0 aromatic heterocycles. The van der Waals surface area contributed by atoms with E-state index in [-0.39, 0.29) is 48.2 Å². The summed E-state index contributed by atoms with van der Waals surface area (Å²) in [5.74, 6) is 0.0443. The molecule has 1 fully saturated rings. The molecule has 0 spiro atoms. The summed E-state index contributed by atoms with van der Waals surface area (Å²) < 4.78 is 23.0. The van der Waals surface area contributed by atoms with Crippen LogP contribution in [0.2, 0.25) is 0 Å². The molecule has 1 aliphatic heterocycles. The van der Waals surface area contributed by atoms with Crippen molar-refractivity contribution in [2.75, 3.05) is 23.0 Å². The average molecular weight is 381 g/mol. The summed E-state index contributed by atoms with van der Waals surface area (Å²) in [6, 6.07) is 5.62. The third-order valence-electron chi connectivity index (χ3n) is 4.70. The molecule has 1 saturated heterocycles. The van der Waals surface area contributed by atoms with Crippen molar-refractivity contribution in [2.24, 2.45) is 0 Å². The number of nitrogens with zero attached hydrogens (tertiary/aromatic N) is 1. The van der Waals surface area contributed by atoms with Crippen LogP contribution in [-0.2, 0) is 19.4 Å². The molecular formula is C19H28N2O4S. The minimum absolute atomic E-state index is 0.00442. The number of amides is 2. The molecule has 1 heterocycles. The highest BCUT2D eigenvalue weighted by Gasteiger charge is 2.29. The summed E-state index contributed by atoms with van der Waals surface area (Å²) in [4.78, 5) is 26.1. The maximum Gasteiger partial charge on any atom is 0.223 e. The van der Waals surface area contributed by atoms with Gasteiger partial charge in [-0.2, -0.15) is 0 Å². The normalized spacial score (nSPS) is 18.7. The quantitative estimate of drug-likeness (QED) is 0.820. The van der Waals surface area contributed by atoms with Gasteiger partial charge in [0.1, 0.15) is 0 Å². The van der Waals surface area contributed by atoms with Crippen molar-refractivity contribution in [3.05, 3.63) is 29.3 Å². The van der Waals surface area contributed by atoms with Gasteiger partial charge in [-0.05, 0) is 30.4 Å². The second-order valence-electron chi connectivity index (χ2n) is 7.26. The number of sulfone groups is 1. The Hall–Kier alpha value is -1.89. The molecule has 0 radical (unpaired) electrons. The van der Waals surface area contributed by atoms with Gasteiger partial charge in [0.15, 0.2) is 9.84 Å². The third-order valence-corrected chi connectivity index (χ3v) is 6.47. The minimum atomic E-state index is -3.03. The van der Waals surface area contributed by atoms with Crippen molar-refractivity contribution in [3.8, 4) is 0 Å². The molecule has 1 N–H and O–H groups in total. The Morgan fingerprint density at radius 1 is 1.31 bits per heavy atom. The van der Waals surface area contributed by atoms with Crippen LogP contribution in [-0.4, -0.2) is 44.3 Å². The predicted octanol–water partition coefficient (Wildman–Crippen LogP) is 2.16. The smallest absolute Gasteiger partial charge is 0.223 e. The Morgan fingerprint density at radius 3 is 2.54 bits per heavy atom. The molecule has 1 aromatic rings. The van der Waals surface area contributed by atoms with E-state index < -0.39 is 9.84 Å². The van der Waals surface area contributed by atoms with E-state index in [4.69, 9.17) is 0 Å². The van der Waals surface area contributed by atoms with Crippen LogP contribution in [0, 0.1) is 6.92 Å². The first kappa shape index (κ1) is 20.4. The van der Waals surface area contributed by atoms with Crippen LogP contribution in [0.3, 0.4) is 0 Å². The molecular weight excluding hydrogens is 352 g/mol. The number of anilines is 1. The van der Waals surface area contributed by atoms with Crippen molar-refractivity contribution in [2.45, 2.75) is 52.5 Å². The largest absolute Gasteiger partial charge is 0.352 e. The number of nitrogens with one attached hydrogen (secondary N) is 1. The topological polar surface area (TPSA) is 83.6 Å². The van der Waals surface area contributed by atoms with Crippen LogP contribution in [0.15, 0.2) is 18.2 Å². The molecule has 26 heavy (non-hydrogen) atoms. The molecule has 1 unspecified atom stereocenters. The first-order chi connectivity index (χ1) is 12.1. The number of para-hydroxylation sites is 1. The second kappa shape index (κ2) is 8.20. The SMILES string of the molecule is CC(=O)N(CCC(=O)NC1CCS(=O)(=O)C1)c1c(C)cccc1C(C)C. The minimum Gasteiger partial charge on any atom is -0.352 e. The first-order valence-electron chi connectivity index (χ1n) is 8.98. The highest BCUT2D eigenvalue weighted by atomic mass is 32.2. The van der Waals surface area contributed by atoms with Gasteiger partial charge < -0.3 is 10.2 Å². The molecule has 1 atom stereocenters. The summed E-state index contributed by atoms with van der Waals surface area (Å²) in [5, 5.41) is 2.78. The Kier molecular flexibility index (Phi) is 6.44. The summed E-state index contributed by atoms with van der Waals surface area (Å²) >= 11 is 0. The van der Waals surface area contributed by atoms with Crippen LogP contribution in [0.4, 0.5) is 5.69 Å². The molecule has 7 heteroatoms. The van der Waals surface area contributed by atoms with E-state index in [0.29, 0.717) is 6.42 Å². The number of benzene rings is 1. The van der Waals surface area contributed by atoms with Gasteiger partial charge in [0.2, 0.25) is 11.8 Å². The number of carbonyl (C=O) groups is 2. The van der Waals surface area contributed by atoms with E-state index in [0.717, 1.165) is 16.8 Å². The number of hydrogen-bond acceptors (Lipinski definition) is 4. The van der Waals surface area contributed by atoms with Gasteiger partial charge >= 0.3 is 0 Å². The fraction of sp³-hybridized carbons (Fsp3) is 0.579. The van der Waals surface area contributed by atoms with Crippen molar-refractivity contribution in [1.82, 2.24) is 5.32 Å². The lowest BCUT2D eigenvalue weighted by atomic mass is 9.97. The molecule has 1 aromatic carbocycles. The van der Waals surface area contributed by atoms with Crippen molar-refractivity contribution < 1.29 is 18.0 Å². The molecule has 1 aliphatic rings. The van der Waals surface area contributed by atoms with Gasteiger partial charge in [0.25, 0.3) is 0 Å². The van der Waals surface area contributed by atoms with Crippen molar-refractivity contribution >= 4 is 27.3 Å². The standard InChI is InChI=1S/C19H28N2O4S/c1-13(2)17-7-5-6-14(3)19(17)21(15(4)22)10-8-18(23)20-16-9-11-26(24,25)12-16/h5-7,13,16H,8-12H2,1-4H3,(H,20,23). The second-order valence-corrected chi connectivity index (χ2v) is 9.48. The Bertz CT molecular complexity index is 787. The zero-order valence-electron chi connectivity index (χ0n) is 15.9. The Labute approximate surface area is 155 Å². The Morgan fingerprint density at radius 2 is 2.00 bits per heavy atom. The lowest BCUT2D eigenvalue weighted by Crippen LogP contribution is -2.39. The highest BCUT2D eigenvalue weighted by Crippen LogP contribution is 2.31. The van der Waals surface area contributed by atoms with Crippen LogP contribution >= 0.6 is 0 Å². The van der Waals surface area contributed by atoms with E-state index in [1.54, 1.807) is 4.90 Å². The van der Waals surface area contributed by atoms with Crippen molar-refractivity contribution in [3.63, 3.8) is 0 Å².